The van der Waals surface area contributed by atoms with E-state index in [1.54, 1.807) is 60.5 Å². The summed E-state index contributed by atoms with van der Waals surface area (Å²) in [7, 11) is 1.56. The van der Waals surface area contributed by atoms with E-state index in [1.165, 1.54) is 0 Å². The molecule has 1 aliphatic heterocycles. The van der Waals surface area contributed by atoms with E-state index in [4.69, 9.17) is 27.9 Å². The van der Waals surface area contributed by atoms with Crippen LogP contribution in [0.4, 0.5) is 0 Å². The molecule has 0 radical (unpaired) electrons. The molecule has 1 fully saturated rings. The number of hydrazine groups is 1. The Morgan fingerprint density at radius 1 is 1.06 bits per heavy atom. The number of hydrazone groups is 1. The number of hydrogen-bond acceptors (Lipinski definition) is 3. The van der Waals surface area contributed by atoms with Gasteiger partial charge in [0.2, 0.25) is 12.3 Å². The van der Waals surface area contributed by atoms with Crippen LogP contribution in [0.3, 0.4) is 0 Å². The van der Waals surface area contributed by atoms with Crippen molar-refractivity contribution < 1.29 is 19.0 Å². The SMILES string of the molecule is COc1ccc(C(=O)N[C@H]2C(=O)N/[N+](=C\c3ccc(Cl)cc3Cl)[C@H]2c2ccccc2)cc1. The fourth-order valence-corrected chi connectivity index (χ4v) is 4.01. The van der Waals surface area contributed by atoms with E-state index >= 15 is 0 Å². The Morgan fingerprint density at radius 3 is 2.44 bits per heavy atom. The minimum atomic E-state index is -0.825. The van der Waals surface area contributed by atoms with Gasteiger partial charge in [-0.05, 0) is 42.5 Å². The molecule has 1 heterocycles. The summed E-state index contributed by atoms with van der Waals surface area (Å²) in [6.45, 7) is 0. The second-order valence-electron chi connectivity index (χ2n) is 7.21. The third-order valence-electron chi connectivity index (χ3n) is 5.16. The number of benzene rings is 3. The van der Waals surface area contributed by atoms with Crippen molar-refractivity contribution in [2.24, 2.45) is 0 Å². The number of carbonyl (C=O) groups is 2. The van der Waals surface area contributed by atoms with Gasteiger partial charge in [0.05, 0.1) is 17.7 Å². The van der Waals surface area contributed by atoms with Crippen LogP contribution in [0, 0.1) is 0 Å². The largest absolute Gasteiger partial charge is 0.497 e. The molecule has 6 nitrogen and oxygen atoms in total. The maximum Gasteiger partial charge on any atom is 0.304 e. The molecule has 32 heavy (non-hydrogen) atoms. The Morgan fingerprint density at radius 2 is 1.78 bits per heavy atom. The lowest BCUT2D eigenvalue weighted by Crippen LogP contribution is -2.42. The molecule has 8 heteroatoms. The zero-order valence-electron chi connectivity index (χ0n) is 17.1. The average molecular weight is 469 g/mol. The topological polar surface area (TPSA) is 70.4 Å². The molecule has 0 saturated carbocycles. The van der Waals surface area contributed by atoms with Gasteiger partial charge in [0.15, 0.2) is 6.04 Å². The lowest BCUT2D eigenvalue weighted by atomic mass is 10.00. The Labute approximate surface area is 195 Å². The third-order valence-corrected chi connectivity index (χ3v) is 5.72. The van der Waals surface area contributed by atoms with Crippen LogP contribution in [-0.4, -0.2) is 35.9 Å². The number of amides is 2. The van der Waals surface area contributed by atoms with Crippen LogP contribution in [0.5, 0.6) is 5.75 Å². The van der Waals surface area contributed by atoms with Crippen LogP contribution < -0.4 is 15.5 Å². The molecule has 162 valence electrons. The number of nitrogens with zero attached hydrogens (tertiary/aromatic N) is 1. The highest BCUT2D eigenvalue weighted by atomic mass is 35.5. The van der Waals surface area contributed by atoms with Crippen molar-refractivity contribution in [2.75, 3.05) is 7.11 Å². The van der Waals surface area contributed by atoms with Gasteiger partial charge < -0.3 is 10.1 Å². The van der Waals surface area contributed by atoms with Crippen molar-refractivity contribution in [3.05, 3.63) is 99.5 Å². The van der Waals surface area contributed by atoms with Gasteiger partial charge in [-0.15, -0.1) is 10.1 Å². The molecule has 1 saturated heterocycles. The van der Waals surface area contributed by atoms with Crippen LogP contribution in [0.25, 0.3) is 0 Å². The summed E-state index contributed by atoms with van der Waals surface area (Å²) >= 11 is 12.3. The number of ether oxygens (including phenoxy) is 1. The van der Waals surface area contributed by atoms with E-state index in [9.17, 15) is 9.59 Å². The van der Waals surface area contributed by atoms with Gasteiger partial charge in [0.1, 0.15) is 5.75 Å². The van der Waals surface area contributed by atoms with E-state index in [0.29, 0.717) is 26.9 Å². The summed E-state index contributed by atoms with van der Waals surface area (Å²) in [6.07, 6.45) is 1.73. The Bertz CT molecular complexity index is 1180. The molecule has 3 aromatic rings. The van der Waals surface area contributed by atoms with Crippen molar-refractivity contribution in [1.82, 2.24) is 10.7 Å². The molecule has 0 spiro atoms. The van der Waals surface area contributed by atoms with E-state index in [-0.39, 0.29) is 11.8 Å². The normalized spacial score (nSPS) is 19.0. The summed E-state index contributed by atoms with van der Waals surface area (Å²) in [5, 5.41) is 3.83. The minimum Gasteiger partial charge on any atom is -0.497 e. The van der Waals surface area contributed by atoms with E-state index < -0.39 is 12.1 Å². The fraction of sp³-hybridized carbons (Fsp3) is 0.125. The molecule has 0 aromatic heterocycles. The lowest BCUT2D eigenvalue weighted by Gasteiger charge is -2.15. The molecular weight excluding hydrogens is 449 g/mol. The van der Waals surface area contributed by atoms with Crippen LogP contribution in [0.1, 0.15) is 27.5 Å². The molecule has 2 atom stereocenters. The first-order valence-electron chi connectivity index (χ1n) is 9.85. The first kappa shape index (κ1) is 21.9. The molecule has 1 aliphatic rings. The summed E-state index contributed by atoms with van der Waals surface area (Å²) in [5.41, 5.74) is 4.79. The quantitative estimate of drug-likeness (QED) is 0.555. The van der Waals surface area contributed by atoms with Crippen molar-refractivity contribution >= 4 is 41.2 Å². The predicted molar refractivity (Wildman–Crippen MR) is 123 cm³/mol. The van der Waals surface area contributed by atoms with Crippen LogP contribution >= 0.6 is 23.2 Å². The first-order chi connectivity index (χ1) is 15.5. The Kier molecular flexibility index (Phi) is 6.44. The molecule has 4 rings (SSSR count). The van der Waals surface area contributed by atoms with Gasteiger partial charge in [-0.1, -0.05) is 53.5 Å². The van der Waals surface area contributed by atoms with Crippen LogP contribution in [-0.2, 0) is 4.79 Å². The molecule has 2 amide bonds. The second kappa shape index (κ2) is 9.42. The number of carbonyl (C=O) groups excluding carboxylic acids is 2. The monoisotopic (exact) mass is 468 g/mol. The summed E-state index contributed by atoms with van der Waals surface area (Å²) < 4.78 is 6.79. The van der Waals surface area contributed by atoms with Gasteiger partial charge in [0.25, 0.3) is 5.91 Å². The van der Waals surface area contributed by atoms with E-state index in [2.05, 4.69) is 10.7 Å². The van der Waals surface area contributed by atoms with Gasteiger partial charge in [-0.2, -0.15) is 0 Å². The molecule has 3 aromatic carbocycles. The molecule has 0 aliphatic carbocycles. The lowest BCUT2D eigenvalue weighted by molar-refractivity contribution is -0.596. The number of rotatable bonds is 5. The fourth-order valence-electron chi connectivity index (χ4n) is 3.55. The first-order valence-corrected chi connectivity index (χ1v) is 10.6. The average Bonchev–Trinajstić information content (AvgIpc) is 3.10. The van der Waals surface area contributed by atoms with Gasteiger partial charge in [-0.3, -0.25) is 9.59 Å². The maximum atomic E-state index is 12.9. The van der Waals surface area contributed by atoms with Crippen molar-refractivity contribution in [2.45, 2.75) is 12.1 Å². The molecule has 2 N–H and O–H groups in total. The van der Waals surface area contributed by atoms with Crippen molar-refractivity contribution in [1.29, 1.82) is 0 Å². The summed E-state index contributed by atoms with van der Waals surface area (Å²) in [4.78, 5) is 25.8. The predicted octanol–water partition coefficient (Wildman–Crippen LogP) is 4.02. The molecule has 0 unspecified atom stereocenters. The van der Waals surface area contributed by atoms with Crippen molar-refractivity contribution in [3.63, 3.8) is 0 Å². The number of methoxy groups -OCH3 is 1. The van der Waals surface area contributed by atoms with E-state index in [1.807, 2.05) is 30.3 Å². The highest BCUT2D eigenvalue weighted by molar-refractivity contribution is 6.36. The summed E-state index contributed by atoms with van der Waals surface area (Å²) in [5.74, 6) is -0.0508. The highest BCUT2D eigenvalue weighted by Gasteiger charge is 2.47. The Hall–Kier alpha value is -3.35. The smallest absolute Gasteiger partial charge is 0.304 e. The third kappa shape index (κ3) is 4.61. The maximum absolute atomic E-state index is 12.9. The number of nitrogens with one attached hydrogen (secondary N) is 2. The second-order valence-corrected chi connectivity index (χ2v) is 8.06. The van der Waals surface area contributed by atoms with Gasteiger partial charge in [0, 0.05) is 16.1 Å². The highest BCUT2D eigenvalue weighted by Crippen LogP contribution is 2.27. The molecular formula is C24H20Cl2N3O3+. The van der Waals surface area contributed by atoms with Gasteiger partial charge >= 0.3 is 5.91 Å². The zero-order valence-corrected chi connectivity index (χ0v) is 18.6. The zero-order chi connectivity index (χ0) is 22.7. The van der Waals surface area contributed by atoms with Gasteiger partial charge in [-0.25, -0.2) is 0 Å². The minimum absolute atomic E-state index is 0.331. The van der Waals surface area contributed by atoms with E-state index in [0.717, 1.165) is 5.56 Å². The number of halogens is 2. The Balaban J connectivity index is 1.68. The molecule has 0 bridgehead atoms. The number of hydrogen-bond donors (Lipinski definition) is 2. The van der Waals surface area contributed by atoms with Crippen LogP contribution in [0.2, 0.25) is 10.0 Å². The van der Waals surface area contributed by atoms with Crippen molar-refractivity contribution in [3.8, 4) is 5.75 Å². The standard InChI is InChI=1S/C24H19Cl2N3O3/c1-32-19-11-8-16(9-12-19)23(30)27-21-22(15-5-3-2-4-6-15)29(28-24(21)31)14-17-7-10-18(25)13-20(17)26/h2-14,21-22H,1H3,(H-,27,28,30,31)/p+1/b29-14-/t21-,22+/m1/s1. The summed E-state index contributed by atoms with van der Waals surface area (Å²) in [6, 6.07) is 20.0. The van der Waals surface area contributed by atoms with Crippen LogP contribution in [0.15, 0.2) is 72.8 Å².